The number of nitrogens with one attached hydrogen (secondary N) is 1. The van der Waals surface area contributed by atoms with E-state index in [1.165, 1.54) is 0 Å². The Hall–Kier alpha value is -0.860. The van der Waals surface area contributed by atoms with E-state index in [2.05, 4.69) is 5.32 Å². The van der Waals surface area contributed by atoms with Crippen LogP contribution in [0.1, 0.15) is 38.1 Å². The summed E-state index contributed by atoms with van der Waals surface area (Å²) in [5.41, 5.74) is 0.574. The van der Waals surface area contributed by atoms with Gasteiger partial charge in [0.05, 0.1) is 6.04 Å². The first-order chi connectivity index (χ1) is 7.29. The molecule has 16 heavy (non-hydrogen) atoms. The zero-order valence-electron chi connectivity index (χ0n) is 10.2. The van der Waals surface area contributed by atoms with Crippen molar-refractivity contribution in [3.05, 3.63) is 34.9 Å². The maximum absolute atomic E-state index is 12.1. The van der Waals surface area contributed by atoms with Gasteiger partial charge in [-0.1, -0.05) is 23.7 Å². The average molecular weight is 240 g/mol. The molecule has 1 aromatic rings. The van der Waals surface area contributed by atoms with Crippen molar-refractivity contribution in [1.29, 1.82) is 0 Å². The number of carbonyl (C=O) groups is 1. The van der Waals surface area contributed by atoms with Crippen molar-refractivity contribution in [2.45, 2.75) is 39.3 Å². The van der Waals surface area contributed by atoms with Crippen molar-refractivity contribution in [2.75, 3.05) is 0 Å². The number of halogens is 1. The third-order valence-electron chi connectivity index (χ3n) is 2.15. The molecule has 1 aromatic carbocycles. The van der Waals surface area contributed by atoms with Gasteiger partial charge in [0.15, 0.2) is 5.78 Å². The molecule has 1 N–H and O–H groups in total. The highest BCUT2D eigenvalue weighted by molar-refractivity contribution is 6.31. The van der Waals surface area contributed by atoms with Crippen LogP contribution < -0.4 is 5.32 Å². The lowest BCUT2D eigenvalue weighted by atomic mass is 10.0. The van der Waals surface area contributed by atoms with E-state index in [4.69, 9.17) is 11.6 Å². The van der Waals surface area contributed by atoms with Crippen LogP contribution in [0.2, 0.25) is 5.02 Å². The molecule has 0 aliphatic heterocycles. The number of rotatable bonds is 3. The number of ketones is 1. The van der Waals surface area contributed by atoms with Crippen LogP contribution in [-0.2, 0) is 0 Å². The summed E-state index contributed by atoms with van der Waals surface area (Å²) < 4.78 is 0. The maximum atomic E-state index is 12.1. The summed E-state index contributed by atoms with van der Waals surface area (Å²) in [5.74, 6) is 0.0671. The Balaban J connectivity index is 2.78. The Morgan fingerprint density at radius 3 is 2.50 bits per heavy atom. The SMILES string of the molecule is C[C@H](NC(C)(C)C)C(=O)c1cccc(Cl)c1. The number of Topliss-reactive ketones (excluding diaryl/α,β-unsaturated/α-hetero) is 1. The van der Waals surface area contributed by atoms with E-state index in [0.29, 0.717) is 10.6 Å². The minimum atomic E-state index is -0.210. The lowest BCUT2D eigenvalue weighted by molar-refractivity contribution is 0.0936. The predicted molar refractivity (Wildman–Crippen MR) is 68.1 cm³/mol. The van der Waals surface area contributed by atoms with Crippen LogP contribution in [0.3, 0.4) is 0 Å². The molecule has 88 valence electrons. The highest BCUT2D eigenvalue weighted by Crippen LogP contribution is 2.13. The molecule has 0 bridgehead atoms. The van der Waals surface area contributed by atoms with E-state index in [1.807, 2.05) is 27.7 Å². The van der Waals surface area contributed by atoms with E-state index < -0.39 is 0 Å². The van der Waals surface area contributed by atoms with Gasteiger partial charge in [0.25, 0.3) is 0 Å². The van der Waals surface area contributed by atoms with E-state index in [0.717, 1.165) is 0 Å². The average Bonchev–Trinajstić information content (AvgIpc) is 2.14. The fraction of sp³-hybridized carbons (Fsp3) is 0.462. The number of hydrogen-bond acceptors (Lipinski definition) is 2. The van der Waals surface area contributed by atoms with Crippen molar-refractivity contribution in [2.24, 2.45) is 0 Å². The van der Waals surface area contributed by atoms with Crippen molar-refractivity contribution in [3.8, 4) is 0 Å². The zero-order chi connectivity index (χ0) is 12.3. The molecule has 0 fully saturated rings. The first-order valence-electron chi connectivity index (χ1n) is 5.37. The van der Waals surface area contributed by atoms with Gasteiger partial charge < -0.3 is 5.32 Å². The molecule has 1 rings (SSSR count). The Morgan fingerprint density at radius 2 is 2.00 bits per heavy atom. The van der Waals surface area contributed by atoms with Crippen LogP contribution in [0.15, 0.2) is 24.3 Å². The molecule has 0 heterocycles. The zero-order valence-corrected chi connectivity index (χ0v) is 10.9. The highest BCUT2D eigenvalue weighted by Gasteiger charge is 2.20. The van der Waals surface area contributed by atoms with Gasteiger partial charge in [-0.25, -0.2) is 0 Å². The molecule has 0 spiro atoms. The monoisotopic (exact) mass is 239 g/mol. The summed E-state index contributed by atoms with van der Waals surface area (Å²) >= 11 is 5.85. The molecular formula is C13H18ClNO. The van der Waals surface area contributed by atoms with Gasteiger partial charge in [0.2, 0.25) is 0 Å². The van der Waals surface area contributed by atoms with Crippen LogP contribution in [0, 0.1) is 0 Å². The topological polar surface area (TPSA) is 29.1 Å². The fourth-order valence-electron chi connectivity index (χ4n) is 1.61. The molecule has 0 aromatic heterocycles. The standard InChI is InChI=1S/C13H18ClNO/c1-9(15-13(2,3)4)12(16)10-6-5-7-11(14)8-10/h5-9,15H,1-4H3/t9-/m0/s1. The first-order valence-corrected chi connectivity index (χ1v) is 5.75. The van der Waals surface area contributed by atoms with Gasteiger partial charge >= 0.3 is 0 Å². The number of carbonyl (C=O) groups excluding carboxylic acids is 1. The quantitative estimate of drug-likeness (QED) is 0.820. The largest absolute Gasteiger partial charge is 0.303 e. The number of benzene rings is 1. The number of hydrogen-bond donors (Lipinski definition) is 1. The van der Waals surface area contributed by atoms with Gasteiger partial charge in [-0.3, -0.25) is 4.79 Å². The normalized spacial score (nSPS) is 13.6. The molecule has 0 unspecified atom stereocenters. The minimum absolute atomic E-state index is 0.0671. The van der Waals surface area contributed by atoms with Crippen LogP contribution in [0.5, 0.6) is 0 Å². The molecule has 1 atom stereocenters. The van der Waals surface area contributed by atoms with Crippen LogP contribution in [-0.4, -0.2) is 17.4 Å². The summed E-state index contributed by atoms with van der Waals surface area (Å²) in [7, 11) is 0. The van der Waals surface area contributed by atoms with Gasteiger partial charge in [0.1, 0.15) is 0 Å². The lowest BCUT2D eigenvalue weighted by Crippen LogP contribution is -2.46. The summed E-state index contributed by atoms with van der Waals surface area (Å²) in [6, 6.07) is 6.83. The predicted octanol–water partition coefficient (Wildman–Crippen LogP) is 3.30. The molecule has 0 aliphatic rings. The summed E-state index contributed by atoms with van der Waals surface area (Å²) in [6.07, 6.45) is 0. The highest BCUT2D eigenvalue weighted by atomic mass is 35.5. The van der Waals surface area contributed by atoms with Crippen molar-refractivity contribution in [1.82, 2.24) is 5.32 Å². The molecule has 0 amide bonds. The maximum Gasteiger partial charge on any atom is 0.179 e. The van der Waals surface area contributed by atoms with Crippen molar-refractivity contribution < 1.29 is 4.79 Å². The second-order valence-electron chi connectivity index (χ2n) is 4.99. The molecule has 0 saturated carbocycles. The third kappa shape index (κ3) is 3.95. The van der Waals surface area contributed by atoms with Crippen molar-refractivity contribution in [3.63, 3.8) is 0 Å². The van der Waals surface area contributed by atoms with Crippen LogP contribution >= 0.6 is 11.6 Å². The fourth-order valence-corrected chi connectivity index (χ4v) is 1.80. The Morgan fingerprint density at radius 1 is 1.38 bits per heavy atom. The smallest absolute Gasteiger partial charge is 0.179 e. The van der Waals surface area contributed by atoms with E-state index in [1.54, 1.807) is 24.3 Å². The van der Waals surface area contributed by atoms with Gasteiger partial charge in [-0.15, -0.1) is 0 Å². The molecule has 3 heteroatoms. The molecule has 0 saturated heterocycles. The molecule has 0 aliphatic carbocycles. The van der Waals surface area contributed by atoms with E-state index in [9.17, 15) is 4.79 Å². The third-order valence-corrected chi connectivity index (χ3v) is 2.39. The Labute approximate surface area is 102 Å². The summed E-state index contributed by atoms with van der Waals surface area (Å²) in [4.78, 5) is 12.1. The molecular weight excluding hydrogens is 222 g/mol. The van der Waals surface area contributed by atoms with Gasteiger partial charge in [0, 0.05) is 16.1 Å². The molecule has 0 radical (unpaired) electrons. The lowest BCUT2D eigenvalue weighted by Gasteiger charge is -2.25. The van der Waals surface area contributed by atoms with Gasteiger partial charge in [-0.2, -0.15) is 0 Å². The van der Waals surface area contributed by atoms with Crippen LogP contribution in [0.4, 0.5) is 0 Å². The molecule has 2 nitrogen and oxygen atoms in total. The summed E-state index contributed by atoms with van der Waals surface area (Å²) in [5, 5.41) is 3.84. The summed E-state index contributed by atoms with van der Waals surface area (Å²) in [6.45, 7) is 7.98. The second kappa shape index (κ2) is 4.98. The van der Waals surface area contributed by atoms with Crippen molar-refractivity contribution >= 4 is 17.4 Å². The first kappa shape index (κ1) is 13.2. The van der Waals surface area contributed by atoms with Gasteiger partial charge in [-0.05, 0) is 39.8 Å². The van der Waals surface area contributed by atoms with Crippen LogP contribution in [0.25, 0.3) is 0 Å². The minimum Gasteiger partial charge on any atom is -0.303 e. The Kier molecular flexibility index (Phi) is 4.11. The van der Waals surface area contributed by atoms with E-state index in [-0.39, 0.29) is 17.4 Å². The Bertz CT molecular complexity index is 382. The van der Waals surface area contributed by atoms with E-state index >= 15 is 0 Å². The second-order valence-corrected chi connectivity index (χ2v) is 5.43.